The second kappa shape index (κ2) is 4.64. The molecule has 1 atom stereocenters. The van der Waals surface area contributed by atoms with E-state index in [0.29, 0.717) is 0 Å². The summed E-state index contributed by atoms with van der Waals surface area (Å²) in [5, 5.41) is 11.2. The highest BCUT2D eigenvalue weighted by molar-refractivity contribution is 5.87. The normalized spacial score (nSPS) is 21.7. The van der Waals surface area contributed by atoms with Crippen LogP contribution in [0.1, 0.15) is 46.0 Å². The van der Waals surface area contributed by atoms with Gasteiger partial charge in [0, 0.05) is 5.41 Å². The SMILES string of the molecule is C[C@@H](NC(=O)C1(C)CCCCC1)C(=O)O. The Kier molecular flexibility index (Phi) is 3.72. The Morgan fingerprint density at radius 1 is 1.27 bits per heavy atom. The van der Waals surface area contributed by atoms with Gasteiger partial charge in [-0.3, -0.25) is 9.59 Å². The minimum absolute atomic E-state index is 0.114. The summed E-state index contributed by atoms with van der Waals surface area (Å²) in [4.78, 5) is 22.5. The highest BCUT2D eigenvalue weighted by Gasteiger charge is 2.35. The van der Waals surface area contributed by atoms with Crippen LogP contribution in [-0.2, 0) is 9.59 Å². The van der Waals surface area contributed by atoms with Crippen molar-refractivity contribution in [3.8, 4) is 0 Å². The quantitative estimate of drug-likeness (QED) is 0.747. The summed E-state index contributed by atoms with van der Waals surface area (Å²) >= 11 is 0. The monoisotopic (exact) mass is 213 g/mol. The highest BCUT2D eigenvalue weighted by Crippen LogP contribution is 2.35. The van der Waals surface area contributed by atoms with Crippen LogP contribution in [0.5, 0.6) is 0 Å². The van der Waals surface area contributed by atoms with Crippen LogP contribution in [0.15, 0.2) is 0 Å². The summed E-state index contributed by atoms with van der Waals surface area (Å²) in [5.74, 6) is -1.10. The molecule has 2 N–H and O–H groups in total. The number of carbonyl (C=O) groups is 2. The molecule has 1 saturated carbocycles. The van der Waals surface area contributed by atoms with E-state index in [2.05, 4.69) is 5.32 Å². The molecule has 0 aliphatic heterocycles. The van der Waals surface area contributed by atoms with Crippen LogP contribution >= 0.6 is 0 Å². The zero-order valence-corrected chi connectivity index (χ0v) is 9.38. The molecule has 0 radical (unpaired) electrons. The van der Waals surface area contributed by atoms with Crippen molar-refractivity contribution in [3.05, 3.63) is 0 Å². The first-order chi connectivity index (χ1) is 6.96. The predicted octanol–water partition coefficient (Wildman–Crippen LogP) is 1.55. The molecule has 1 amide bonds. The van der Waals surface area contributed by atoms with Gasteiger partial charge in [0.1, 0.15) is 6.04 Å². The zero-order valence-electron chi connectivity index (χ0n) is 9.38. The van der Waals surface area contributed by atoms with Crippen LogP contribution in [0.2, 0.25) is 0 Å². The van der Waals surface area contributed by atoms with Gasteiger partial charge >= 0.3 is 5.97 Å². The molecule has 0 saturated heterocycles. The van der Waals surface area contributed by atoms with E-state index in [1.807, 2.05) is 6.92 Å². The lowest BCUT2D eigenvalue weighted by Crippen LogP contribution is -2.46. The lowest BCUT2D eigenvalue weighted by atomic mass is 9.75. The number of nitrogens with one attached hydrogen (secondary N) is 1. The van der Waals surface area contributed by atoms with Gasteiger partial charge in [0.25, 0.3) is 0 Å². The molecule has 1 aliphatic rings. The standard InChI is InChI=1S/C11H19NO3/c1-8(9(13)14)12-10(15)11(2)6-4-3-5-7-11/h8H,3-7H2,1-2H3,(H,12,15)(H,13,14)/t8-/m1/s1. The number of hydrogen-bond donors (Lipinski definition) is 2. The Morgan fingerprint density at radius 3 is 2.27 bits per heavy atom. The third-order valence-electron chi connectivity index (χ3n) is 3.22. The van der Waals surface area contributed by atoms with Crippen molar-refractivity contribution < 1.29 is 14.7 Å². The molecule has 1 fully saturated rings. The summed E-state index contributed by atoms with van der Waals surface area (Å²) in [6.07, 6.45) is 5.03. The highest BCUT2D eigenvalue weighted by atomic mass is 16.4. The number of carboxylic acid groups (broad SMARTS) is 1. The Hall–Kier alpha value is -1.06. The molecule has 0 heterocycles. The molecule has 0 aromatic heterocycles. The Morgan fingerprint density at radius 2 is 1.80 bits per heavy atom. The summed E-state index contributed by atoms with van der Waals surface area (Å²) in [6.45, 7) is 3.42. The van der Waals surface area contributed by atoms with Crippen molar-refractivity contribution in [1.82, 2.24) is 5.32 Å². The Balaban J connectivity index is 2.55. The lowest BCUT2D eigenvalue weighted by molar-refractivity contribution is -0.143. The van der Waals surface area contributed by atoms with Gasteiger partial charge in [-0.2, -0.15) is 0 Å². The fraction of sp³-hybridized carbons (Fsp3) is 0.818. The Bertz CT molecular complexity index is 257. The van der Waals surface area contributed by atoms with Crippen molar-refractivity contribution >= 4 is 11.9 Å². The number of carboxylic acids is 1. The van der Waals surface area contributed by atoms with Crippen molar-refractivity contribution in [2.75, 3.05) is 0 Å². The van der Waals surface area contributed by atoms with Crippen molar-refractivity contribution in [3.63, 3.8) is 0 Å². The minimum Gasteiger partial charge on any atom is -0.480 e. The molecule has 1 aliphatic carbocycles. The number of aliphatic carboxylic acids is 1. The van der Waals surface area contributed by atoms with Crippen molar-refractivity contribution in [2.45, 2.75) is 52.0 Å². The average Bonchev–Trinajstić information content (AvgIpc) is 2.18. The first kappa shape index (κ1) is 12.0. The van der Waals surface area contributed by atoms with E-state index in [9.17, 15) is 9.59 Å². The van der Waals surface area contributed by atoms with Gasteiger partial charge in [-0.15, -0.1) is 0 Å². The maximum atomic E-state index is 11.9. The average molecular weight is 213 g/mol. The molecule has 0 unspecified atom stereocenters. The van der Waals surface area contributed by atoms with E-state index < -0.39 is 12.0 Å². The van der Waals surface area contributed by atoms with Gasteiger partial charge in [-0.25, -0.2) is 0 Å². The molecular weight excluding hydrogens is 194 g/mol. The predicted molar refractivity (Wildman–Crippen MR) is 56.4 cm³/mol. The van der Waals surface area contributed by atoms with Crippen LogP contribution in [0, 0.1) is 5.41 Å². The van der Waals surface area contributed by atoms with Crippen LogP contribution in [0.25, 0.3) is 0 Å². The van der Waals surface area contributed by atoms with E-state index in [-0.39, 0.29) is 11.3 Å². The lowest BCUT2D eigenvalue weighted by Gasteiger charge is -2.32. The summed E-state index contributed by atoms with van der Waals surface area (Å²) < 4.78 is 0. The molecule has 0 aromatic rings. The van der Waals surface area contributed by atoms with E-state index in [0.717, 1.165) is 25.7 Å². The molecule has 0 aromatic carbocycles. The summed E-state index contributed by atoms with van der Waals surface area (Å²) in [6, 6.07) is -0.795. The van der Waals surface area contributed by atoms with E-state index in [1.165, 1.54) is 13.3 Å². The first-order valence-corrected chi connectivity index (χ1v) is 5.49. The first-order valence-electron chi connectivity index (χ1n) is 5.49. The molecule has 4 heteroatoms. The van der Waals surface area contributed by atoms with E-state index in [4.69, 9.17) is 5.11 Å². The molecule has 15 heavy (non-hydrogen) atoms. The largest absolute Gasteiger partial charge is 0.480 e. The van der Waals surface area contributed by atoms with Gasteiger partial charge < -0.3 is 10.4 Å². The number of rotatable bonds is 3. The Labute approximate surface area is 90.0 Å². The fourth-order valence-electron chi connectivity index (χ4n) is 1.99. The second-order valence-electron chi connectivity index (χ2n) is 4.65. The minimum atomic E-state index is -0.984. The number of amides is 1. The maximum Gasteiger partial charge on any atom is 0.325 e. The van der Waals surface area contributed by atoms with Gasteiger partial charge in [0.15, 0.2) is 0 Å². The third kappa shape index (κ3) is 2.94. The van der Waals surface area contributed by atoms with Gasteiger partial charge in [0.2, 0.25) is 5.91 Å². The molecule has 0 spiro atoms. The molecule has 4 nitrogen and oxygen atoms in total. The fourth-order valence-corrected chi connectivity index (χ4v) is 1.99. The van der Waals surface area contributed by atoms with E-state index >= 15 is 0 Å². The third-order valence-corrected chi connectivity index (χ3v) is 3.22. The molecule has 86 valence electrons. The number of hydrogen-bond acceptors (Lipinski definition) is 2. The number of carbonyl (C=O) groups excluding carboxylic acids is 1. The van der Waals surface area contributed by atoms with Crippen LogP contribution in [-0.4, -0.2) is 23.0 Å². The van der Waals surface area contributed by atoms with Crippen LogP contribution < -0.4 is 5.32 Å². The van der Waals surface area contributed by atoms with Gasteiger partial charge in [-0.05, 0) is 19.8 Å². The van der Waals surface area contributed by atoms with Gasteiger partial charge in [-0.1, -0.05) is 26.2 Å². The van der Waals surface area contributed by atoms with E-state index in [1.54, 1.807) is 0 Å². The molecule has 1 rings (SSSR count). The molecular formula is C11H19NO3. The van der Waals surface area contributed by atoms with Crippen LogP contribution in [0.4, 0.5) is 0 Å². The van der Waals surface area contributed by atoms with Gasteiger partial charge in [0.05, 0.1) is 0 Å². The zero-order chi connectivity index (χ0) is 11.5. The smallest absolute Gasteiger partial charge is 0.325 e. The topological polar surface area (TPSA) is 66.4 Å². The summed E-state index contributed by atoms with van der Waals surface area (Å²) in [5.41, 5.74) is -0.359. The maximum absolute atomic E-state index is 11.9. The van der Waals surface area contributed by atoms with Crippen LogP contribution in [0.3, 0.4) is 0 Å². The van der Waals surface area contributed by atoms with Crippen molar-refractivity contribution in [1.29, 1.82) is 0 Å². The second-order valence-corrected chi connectivity index (χ2v) is 4.65. The van der Waals surface area contributed by atoms with Crippen molar-refractivity contribution in [2.24, 2.45) is 5.41 Å². The molecule has 0 bridgehead atoms. The summed E-state index contributed by atoms with van der Waals surface area (Å²) in [7, 11) is 0.